The Morgan fingerprint density at radius 3 is 2.58 bits per heavy atom. The Morgan fingerprint density at radius 2 is 2.11 bits per heavy atom. The molecule has 0 aromatic rings. The lowest BCUT2D eigenvalue weighted by Gasteiger charge is -2.25. The molecule has 0 amide bonds. The number of aliphatic imine (C=N–C) groups is 1. The average Bonchev–Trinajstić information content (AvgIpc) is 2.23. The van der Waals surface area contributed by atoms with Crippen molar-refractivity contribution in [2.75, 3.05) is 19.7 Å². The highest BCUT2D eigenvalue weighted by molar-refractivity contribution is 14.0. The van der Waals surface area contributed by atoms with Gasteiger partial charge >= 0.3 is 0 Å². The average molecular weight is 383 g/mol. The lowest BCUT2D eigenvalue weighted by Crippen LogP contribution is -2.37. The monoisotopic (exact) mass is 383 g/mol. The molecule has 0 aromatic carbocycles. The first-order valence-electron chi connectivity index (χ1n) is 7.26. The molecule has 0 heterocycles. The molecule has 5 heteroatoms. The first kappa shape index (κ1) is 19.0. The van der Waals surface area contributed by atoms with Gasteiger partial charge in [-0.25, -0.2) is 0 Å². The van der Waals surface area contributed by atoms with Gasteiger partial charge < -0.3 is 16.2 Å². The maximum Gasteiger partial charge on any atom is 0.188 e. The summed E-state index contributed by atoms with van der Waals surface area (Å²) in [5.74, 6) is 2.44. The van der Waals surface area contributed by atoms with Crippen LogP contribution in [-0.2, 0) is 0 Å². The second-order valence-corrected chi connectivity index (χ2v) is 5.91. The fourth-order valence-electron chi connectivity index (χ4n) is 2.36. The van der Waals surface area contributed by atoms with E-state index in [-0.39, 0.29) is 30.6 Å². The summed E-state index contributed by atoms with van der Waals surface area (Å²) in [7, 11) is 0. The summed E-state index contributed by atoms with van der Waals surface area (Å²) in [6.07, 6.45) is 5.91. The summed E-state index contributed by atoms with van der Waals surface area (Å²) < 4.78 is 0. The van der Waals surface area contributed by atoms with E-state index in [0.29, 0.717) is 17.8 Å². The summed E-state index contributed by atoms with van der Waals surface area (Å²) >= 11 is 0. The zero-order chi connectivity index (χ0) is 13.4. The highest BCUT2D eigenvalue weighted by Gasteiger charge is 2.17. The minimum Gasteiger partial charge on any atom is -0.396 e. The molecule has 0 radical (unpaired) electrons. The second kappa shape index (κ2) is 10.7. The van der Waals surface area contributed by atoms with Crippen molar-refractivity contribution in [2.45, 2.75) is 46.0 Å². The Kier molecular flexibility index (Phi) is 10.7. The van der Waals surface area contributed by atoms with Gasteiger partial charge in [0, 0.05) is 19.7 Å². The van der Waals surface area contributed by atoms with Crippen LogP contribution in [0, 0.1) is 17.8 Å². The van der Waals surface area contributed by atoms with Crippen molar-refractivity contribution >= 4 is 29.9 Å². The molecular formula is C14H30IN3O. The molecule has 0 bridgehead atoms. The van der Waals surface area contributed by atoms with Crippen LogP contribution < -0.4 is 11.1 Å². The normalized spacial score (nSPS) is 17.8. The Hall–Kier alpha value is -0.0400. The maximum absolute atomic E-state index is 9.04. The highest BCUT2D eigenvalue weighted by Crippen LogP contribution is 2.25. The predicted molar refractivity (Wildman–Crippen MR) is 91.9 cm³/mol. The first-order valence-corrected chi connectivity index (χ1v) is 7.26. The molecule has 1 aliphatic carbocycles. The zero-order valence-electron chi connectivity index (χ0n) is 12.3. The van der Waals surface area contributed by atoms with Crippen LogP contribution in [0.5, 0.6) is 0 Å². The molecule has 114 valence electrons. The summed E-state index contributed by atoms with van der Waals surface area (Å²) in [5.41, 5.74) is 5.85. The smallest absolute Gasteiger partial charge is 0.188 e. The van der Waals surface area contributed by atoms with Crippen LogP contribution in [0.25, 0.3) is 0 Å². The van der Waals surface area contributed by atoms with Gasteiger partial charge in [-0.3, -0.25) is 4.99 Å². The van der Waals surface area contributed by atoms with Crippen LogP contribution in [0.15, 0.2) is 4.99 Å². The Balaban J connectivity index is 0.00000324. The number of nitrogens with two attached hydrogens (primary N) is 1. The number of hydrogen-bond donors (Lipinski definition) is 3. The van der Waals surface area contributed by atoms with Crippen LogP contribution in [0.3, 0.4) is 0 Å². The molecule has 0 aliphatic heterocycles. The number of nitrogens with one attached hydrogen (secondary N) is 1. The van der Waals surface area contributed by atoms with Gasteiger partial charge in [0.1, 0.15) is 0 Å². The molecule has 1 saturated carbocycles. The van der Waals surface area contributed by atoms with Gasteiger partial charge in [-0.15, -0.1) is 24.0 Å². The number of guanidine groups is 1. The summed E-state index contributed by atoms with van der Waals surface area (Å²) in [6, 6.07) is 0. The van der Waals surface area contributed by atoms with Gasteiger partial charge in [0.2, 0.25) is 0 Å². The van der Waals surface area contributed by atoms with Gasteiger partial charge in [-0.05, 0) is 43.4 Å². The van der Waals surface area contributed by atoms with E-state index in [1.165, 1.54) is 19.3 Å². The molecule has 1 unspecified atom stereocenters. The van der Waals surface area contributed by atoms with Crippen molar-refractivity contribution in [1.82, 2.24) is 5.32 Å². The van der Waals surface area contributed by atoms with E-state index >= 15 is 0 Å². The number of aliphatic hydroxyl groups excluding tert-OH is 1. The van der Waals surface area contributed by atoms with Crippen LogP contribution in [-0.4, -0.2) is 30.8 Å². The quantitative estimate of drug-likeness (QED) is 0.342. The largest absolute Gasteiger partial charge is 0.396 e. The van der Waals surface area contributed by atoms with Gasteiger partial charge in [-0.2, -0.15) is 0 Å². The SMILES string of the molecule is CC(C)CC(CCO)CN=C(N)NCC1CCC1.I. The van der Waals surface area contributed by atoms with Crippen molar-refractivity contribution in [3.05, 3.63) is 0 Å². The Morgan fingerprint density at radius 1 is 1.42 bits per heavy atom. The van der Waals surface area contributed by atoms with E-state index in [9.17, 15) is 0 Å². The number of nitrogens with zero attached hydrogens (tertiary/aromatic N) is 1. The highest BCUT2D eigenvalue weighted by atomic mass is 127. The number of halogens is 1. The van der Waals surface area contributed by atoms with Gasteiger partial charge in [0.25, 0.3) is 0 Å². The van der Waals surface area contributed by atoms with Crippen molar-refractivity contribution in [1.29, 1.82) is 0 Å². The molecule has 1 fully saturated rings. The Bertz CT molecular complexity index is 255. The van der Waals surface area contributed by atoms with E-state index in [1.54, 1.807) is 0 Å². The number of aliphatic hydroxyl groups is 1. The van der Waals surface area contributed by atoms with Gasteiger partial charge in [0.15, 0.2) is 5.96 Å². The van der Waals surface area contributed by atoms with E-state index in [2.05, 4.69) is 24.2 Å². The fourth-order valence-corrected chi connectivity index (χ4v) is 2.36. The van der Waals surface area contributed by atoms with E-state index in [0.717, 1.165) is 31.8 Å². The molecule has 0 aromatic heterocycles. The third-order valence-electron chi connectivity index (χ3n) is 3.66. The molecule has 4 N–H and O–H groups in total. The Labute approximate surface area is 134 Å². The lowest BCUT2D eigenvalue weighted by atomic mass is 9.85. The van der Waals surface area contributed by atoms with E-state index < -0.39 is 0 Å². The minimum absolute atomic E-state index is 0. The topological polar surface area (TPSA) is 70.6 Å². The first-order chi connectivity index (χ1) is 8.61. The minimum atomic E-state index is 0. The molecule has 0 spiro atoms. The van der Waals surface area contributed by atoms with Crippen molar-refractivity contribution < 1.29 is 5.11 Å². The molecule has 1 rings (SSSR count). The van der Waals surface area contributed by atoms with Gasteiger partial charge in [-0.1, -0.05) is 20.3 Å². The summed E-state index contributed by atoms with van der Waals surface area (Å²) in [6.45, 7) is 6.33. The summed E-state index contributed by atoms with van der Waals surface area (Å²) in [5, 5.41) is 12.2. The standard InChI is InChI=1S/C14H29N3O.HI/c1-11(2)8-13(6-7-18)10-17-14(15)16-9-12-4-3-5-12;/h11-13,18H,3-10H2,1-2H3,(H3,15,16,17);1H. The van der Waals surface area contributed by atoms with Crippen LogP contribution >= 0.6 is 24.0 Å². The number of hydrogen-bond acceptors (Lipinski definition) is 2. The molecule has 0 saturated heterocycles. The molecular weight excluding hydrogens is 353 g/mol. The molecule has 1 aliphatic rings. The maximum atomic E-state index is 9.04. The molecule has 1 atom stereocenters. The lowest BCUT2D eigenvalue weighted by molar-refractivity contribution is 0.245. The number of rotatable bonds is 8. The summed E-state index contributed by atoms with van der Waals surface area (Å²) in [4.78, 5) is 4.40. The van der Waals surface area contributed by atoms with Crippen LogP contribution in [0.1, 0.15) is 46.0 Å². The van der Waals surface area contributed by atoms with Crippen molar-refractivity contribution in [2.24, 2.45) is 28.5 Å². The van der Waals surface area contributed by atoms with E-state index in [4.69, 9.17) is 10.8 Å². The third kappa shape index (κ3) is 8.68. The van der Waals surface area contributed by atoms with Gasteiger partial charge in [0.05, 0.1) is 0 Å². The van der Waals surface area contributed by atoms with Crippen LogP contribution in [0.4, 0.5) is 0 Å². The third-order valence-corrected chi connectivity index (χ3v) is 3.66. The van der Waals surface area contributed by atoms with Crippen molar-refractivity contribution in [3.8, 4) is 0 Å². The molecule has 4 nitrogen and oxygen atoms in total. The van der Waals surface area contributed by atoms with Crippen molar-refractivity contribution in [3.63, 3.8) is 0 Å². The second-order valence-electron chi connectivity index (χ2n) is 5.91. The van der Waals surface area contributed by atoms with E-state index in [1.807, 2.05) is 0 Å². The molecule has 19 heavy (non-hydrogen) atoms. The van der Waals surface area contributed by atoms with Crippen LogP contribution in [0.2, 0.25) is 0 Å². The fraction of sp³-hybridized carbons (Fsp3) is 0.929. The predicted octanol–water partition coefficient (Wildman–Crippen LogP) is 2.35. The zero-order valence-corrected chi connectivity index (χ0v) is 14.6.